The zero-order chi connectivity index (χ0) is 20.8. The van der Waals surface area contributed by atoms with Crippen LogP contribution in [0, 0.1) is 0 Å². The SMILES string of the molecule is COc1cc(/C=C\C(=O)N2CCN(Cc3ccccc3Cl)CC2)cc(OC)c1O. The van der Waals surface area contributed by atoms with E-state index in [1.807, 2.05) is 29.2 Å². The van der Waals surface area contributed by atoms with E-state index < -0.39 is 0 Å². The number of ether oxygens (including phenoxy) is 2. The van der Waals surface area contributed by atoms with Crippen molar-refractivity contribution in [3.63, 3.8) is 0 Å². The van der Waals surface area contributed by atoms with Gasteiger partial charge in [0.15, 0.2) is 11.5 Å². The number of piperazine rings is 1. The number of amides is 1. The average molecular weight is 417 g/mol. The number of rotatable bonds is 6. The number of hydrogen-bond donors (Lipinski definition) is 1. The predicted octanol–water partition coefficient (Wildman–Crippen LogP) is 3.42. The average Bonchev–Trinajstić information content (AvgIpc) is 2.75. The highest BCUT2D eigenvalue weighted by atomic mass is 35.5. The van der Waals surface area contributed by atoms with Crippen molar-refractivity contribution in [2.45, 2.75) is 6.54 Å². The molecule has 1 amide bonds. The molecule has 2 aromatic rings. The molecule has 0 saturated carbocycles. The van der Waals surface area contributed by atoms with Crippen LogP contribution in [0.5, 0.6) is 17.2 Å². The van der Waals surface area contributed by atoms with Crippen molar-refractivity contribution < 1.29 is 19.4 Å². The van der Waals surface area contributed by atoms with Crippen LogP contribution in [0.4, 0.5) is 0 Å². The molecule has 0 spiro atoms. The van der Waals surface area contributed by atoms with E-state index in [9.17, 15) is 9.90 Å². The summed E-state index contributed by atoms with van der Waals surface area (Å²) in [6, 6.07) is 11.1. The molecule has 0 atom stereocenters. The number of carbonyl (C=O) groups excluding carboxylic acids is 1. The Bertz CT molecular complexity index is 867. The molecule has 3 rings (SSSR count). The number of carbonyl (C=O) groups is 1. The molecular weight excluding hydrogens is 392 g/mol. The minimum Gasteiger partial charge on any atom is -0.502 e. The second-order valence-electron chi connectivity index (χ2n) is 6.80. The molecule has 0 bridgehead atoms. The molecule has 1 aliphatic rings. The summed E-state index contributed by atoms with van der Waals surface area (Å²) in [5.74, 6) is 0.482. The first-order valence-corrected chi connectivity index (χ1v) is 9.77. The van der Waals surface area contributed by atoms with Gasteiger partial charge in [-0.3, -0.25) is 9.69 Å². The highest BCUT2D eigenvalue weighted by Gasteiger charge is 2.20. The summed E-state index contributed by atoms with van der Waals surface area (Å²) < 4.78 is 10.3. The molecular formula is C22H25ClN2O4. The molecule has 7 heteroatoms. The van der Waals surface area contributed by atoms with Crippen LogP contribution >= 0.6 is 11.6 Å². The Kier molecular flexibility index (Phi) is 7.01. The van der Waals surface area contributed by atoms with Crippen molar-refractivity contribution in [3.05, 3.63) is 58.6 Å². The zero-order valence-corrected chi connectivity index (χ0v) is 17.4. The van der Waals surface area contributed by atoms with Gasteiger partial charge in [0, 0.05) is 43.8 Å². The summed E-state index contributed by atoms with van der Waals surface area (Å²) in [6.45, 7) is 3.70. The largest absolute Gasteiger partial charge is 0.502 e. The number of hydrogen-bond acceptors (Lipinski definition) is 5. The van der Waals surface area contributed by atoms with E-state index in [-0.39, 0.29) is 11.7 Å². The van der Waals surface area contributed by atoms with Gasteiger partial charge in [0.1, 0.15) is 0 Å². The molecule has 2 aromatic carbocycles. The molecule has 0 radical (unpaired) electrons. The maximum Gasteiger partial charge on any atom is 0.246 e. The normalized spacial score (nSPS) is 14.9. The van der Waals surface area contributed by atoms with Gasteiger partial charge in [0.2, 0.25) is 11.7 Å². The molecule has 1 aliphatic heterocycles. The Hall–Kier alpha value is -2.70. The second-order valence-corrected chi connectivity index (χ2v) is 7.21. The van der Waals surface area contributed by atoms with Gasteiger partial charge >= 0.3 is 0 Å². The first-order chi connectivity index (χ1) is 14.0. The lowest BCUT2D eigenvalue weighted by Crippen LogP contribution is -2.47. The van der Waals surface area contributed by atoms with Gasteiger partial charge in [0.25, 0.3) is 0 Å². The summed E-state index contributed by atoms with van der Waals surface area (Å²) >= 11 is 6.24. The Morgan fingerprint density at radius 3 is 2.31 bits per heavy atom. The van der Waals surface area contributed by atoms with Gasteiger partial charge in [-0.2, -0.15) is 0 Å². The summed E-state index contributed by atoms with van der Waals surface area (Å²) in [5, 5.41) is 10.8. The summed E-state index contributed by atoms with van der Waals surface area (Å²) in [4.78, 5) is 16.7. The van der Waals surface area contributed by atoms with Crippen molar-refractivity contribution in [1.82, 2.24) is 9.80 Å². The van der Waals surface area contributed by atoms with Crippen molar-refractivity contribution in [2.24, 2.45) is 0 Å². The van der Waals surface area contributed by atoms with Crippen LogP contribution in [0.15, 0.2) is 42.5 Å². The minimum atomic E-state index is -0.0619. The maximum atomic E-state index is 12.6. The first-order valence-electron chi connectivity index (χ1n) is 9.39. The fraction of sp³-hybridized carbons (Fsp3) is 0.318. The minimum absolute atomic E-state index is 0.0478. The molecule has 1 heterocycles. The van der Waals surface area contributed by atoms with Crippen molar-refractivity contribution in [3.8, 4) is 17.2 Å². The molecule has 0 aliphatic carbocycles. The Balaban J connectivity index is 1.58. The molecule has 154 valence electrons. The number of halogens is 1. The van der Waals surface area contributed by atoms with Gasteiger partial charge in [-0.25, -0.2) is 0 Å². The number of phenolic OH excluding ortho intramolecular Hbond substituents is 1. The van der Waals surface area contributed by atoms with Crippen LogP contribution in [-0.4, -0.2) is 61.2 Å². The molecule has 1 fully saturated rings. The second kappa shape index (κ2) is 9.67. The third kappa shape index (κ3) is 5.22. The monoisotopic (exact) mass is 416 g/mol. The van der Waals surface area contributed by atoms with E-state index in [0.29, 0.717) is 30.2 Å². The quantitative estimate of drug-likeness (QED) is 0.731. The molecule has 0 unspecified atom stereocenters. The van der Waals surface area contributed by atoms with E-state index in [1.165, 1.54) is 20.3 Å². The van der Waals surface area contributed by atoms with Gasteiger partial charge in [-0.15, -0.1) is 0 Å². The molecule has 6 nitrogen and oxygen atoms in total. The Morgan fingerprint density at radius 2 is 1.72 bits per heavy atom. The number of phenols is 1. The van der Waals surface area contributed by atoms with Gasteiger partial charge in [0.05, 0.1) is 14.2 Å². The predicted molar refractivity (Wildman–Crippen MR) is 114 cm³/mol. The van der Waals surface area contributed by atoms with Gasteiger partial charge < -0.3 is 19.5 Å². The van der Waals surface area contributed by atoms with E-state index >= 15 is 0 Å². The molecule has 1 saturated heterocycles. The topological polar surface area (TPSA) is 62.2 Å². The number of methoxy groups -OCH3 is 2. The van der Waals surface area contributed by atoms with Gasteiger partial charge in [-0.05, 0) is 35.4 Å². The number of nitrogens with zero attached hydrogens (tertiary/aromatic N) is 2. The lowest BCUT2D eigenvalue weighted by molar-refractivity contribution is -0.127. The standard InChI is InChI=1S/C22H25ClN2O4/c1-28-19-13-16(14-20(29-2)22(19)27)7-8-21(26)25-11-9-24(10-12-25)15-17-5-3-4-6-18(17)23/h3-8,13-14,27H,9-12,15H2,1-2H3/b8-7-. The first kappa shape index (κ1) is 21.0. The highest BCUT2D eigenvalue weighted by molar-refractivity contribution is 6.31. The van der Waals surface area contributed by atoms with Gasteiger partial charge in [-0.1, -0.05) is 29.8 Å². The van der Waals surface area contributed by atoms with Crippen LogP contribution in [-0.2, 0) is 11.3 Å². The smallest absolute Gasteiger partial charge is 0.246 e. The number of benzene rings is 2. The summed E-state index contributed by atoms with van der Waals surface area (Å²) in [5.41, 5.74) is 1.81. The van der Waals surface area contributed by atoms with Crippen molar-refractivity contribution >= 4 is 23.6 Å². The lowest BCUT2D eigenvalue weighted by Gasteiger charge is -2.34. The third-order valence-electron chi connectivity index (χ3n) is 4.96. The van der Waals surface area contributed by atoms with E-state index in [2.05, 4.69) is 4.90 Å². The van der Waals surface area contributed by atoms with Crippen LogP contribution in [0.2, 0.25) is 5.02 Å². The lowest BCUT2D eigenvalue weighted by atomic mass is 10.1. The van der Waals surface area contributed by atoms with Crippen molar-refractivity contribution in [1.29, 1.82) is 0 Å². The Labute approximate surface area is 175 Å². The van der Waals surface area contributed by atoms with Crippen LogP contribution in [0.3, 0.4) is 0 Å². The zero-order valence-electron chi connectivity index (χ0n) is 16.6. The van der Waals surface area contributed by atoms with Crippen molar-refractivity contribution in [2.75, 3.05) is 40.4 Å². The summed E-state index contributed by atoms with van der Waals surface area (Å²) in [7, 11) is 2.94. The third-order valence-corrected chi connectivity index (χ3v) is 5.32. The molecule has 1 N–H and O–H groups in total. The van der Waals surface area contributed by atoms with Crippen LogP contribution in [0.25, 0.3) is 6.08 Å². The van der Waals surface area contributed by atoms with Crippen LogP contribution in [0.1, 0.15) is 11.1 Å². The van der Waals surface area contributed by atoms with E-state index in [0.717, 1.165) is 30.2 Å². The maximum absolute atomic E-state index is 12.6. The Morgan fingerprint density at radius 1 is 1.10 bits per heavy atom. The summed E-state index contributed by atoms with van der Waals surface area (Å²) in [6.07, 6.45) is 3.23. The van der Waals surface area contributed by atoms with Crippen LogP contribution < -0.4 is 9.47 Å². The highest BCUT2D eigenvalue weighted by Crippen LogP contribution is 2.37. The number of aromatic hydroxyl groups is 1. The fourth-order valence-electron chi connectivity index (χ4n) is 3.28. The van der Waals surface area contributed by atoms with E-state index in [1.54, 1.807) is 18.2 Å². The van der Waals surface area contributed by atoms with E-state index in [4.69, 9.17) is 21.1 Å². The molecule has 29 heavy (non-hydrogen) atoms. The molecule has 0 aromatic heterocycles. The fourth-order valence-corrected chi connectivity index (χ4v) is 3.47.